The molecule has 1 aliphatic rings. The summed E-state index contributed by atoms with van der Waals surface area (Å²) in [6.45, 7) is 1.99. The summed E-state index contributed by atoms with van der Waals surface area (Å²) in [6, 6.07) is 2.00. The molecule has 0 amide bonds. The lowest BCUT2D eigenvalue weighted by Crippen LogP contribution is -2.33. The maximum atomic E-state index is 8.69. The van der Waals surface area contributed by atoms with Crippen molar-refractivity contribution in [3.63, 3.8) is 0 Å². The Bertz CT molecular complexity index is 354. The highest BCUT2D eigenvalue weighted by molar-refractivity contribution is 7.99. The Morgan fingerprint density at radius 3 is 2.86 bits per heavy atom. The van der Waals surface area contributed by atoms with Gasteiger partial charge < -0.3 is 4.90 Å². The number of anilines is 1. The van der Waals surface area contributed by atoms with Crippen LogP contribution in [0.3, 0.4) is 0 Å². The van der Waals surface area contributed by atoms with Crippen molar-refractivity contribution in [1.82, 2.24) is 9.97 Å². The number of nitriles is 1. The molecule has 0 bridgehead atoms. The zero-order valence-electron chi connectivity index (χ0n) is 7.68. The van der Waals surface area contributed by atoms with Gasteiger partial charge in [-0.2, -0.15) is 17.0 Å². The summed E-state index contributed by atoms with van der Waals surface area (Å²) in [4.78, 5) is 10.4. The van der Waals surface area contributed by atoms with Gasteiger partial charge in [-0.15, -0.1) is 0 Å². The van der Waals surface area contributed by atoms with Gasteiger partial charge in [-0.1, -0.05) is 0 Å². The fourth-order valence-electron chi connectivity index (χ4n) is 1.35. The standard InChI is InChI=1S/C9H10N4S/c10-5-8-6-11-7-9(12-8)13-1-3-14-4-2-13/h6-7H,1-4H2. The quantitative estimate of drug-likeness (QED) is 0.683. The van der Waals surface area contributed by atoms with Crippen molar-refractivity contribution in [2.24, 2.45) is 0 Å². The molecule has 72 valence electrons. The Balaban J connectivity index is 2.18. The van der Waals surface area contributed by atoms with Crippen LogP contribution >= 0.6 is 11.8 Å². The molecular formula is C9H10N4S. The molecule has 5 heteroatoms. The number of thioether (sulfide) groups is 1. The molecule has 2 heterocycles. The lowest BCUT2D eigenvalue weighted by atomic mass is 10.4. The predicted molar refractivity (Wildman–Crippen MR) is 56.3 cm³/mol. The third kappa shape index (κ3) is 1.96. The minimum absolute atomic E-state index is 0.390. The van der Waals surface area contributed by atoms with E-state index in [0.717, 1.165) is 30.4 Å². The van der Waals surface area contributed by atoms with E-state index >= 15 is 0 Å². The second-order valence-corrected chi connectivity index (χ2v) is 4.20. The Kier molecular flexibility index (Phi) is 2.84. The van der Waals surface area contributed by atoms with E-state index in [-0.39, 0.29) is 0 Å². The molecule has 1 fully saturated rings. The molecule has 0 N–H and O–H groups in total. The molecule has 4 nitrogen and oxygen atoms in total. The molecule has 0 unspecified atom stereocenters. The largest absolute Gasteiger partial charge is 0.354 e. The van der Waals surface area contributed by atoms with Crippen LogP contribution in [0.2, 0.25) is 0 Å². The molecule has 0 spiro atoms. The number of nitrogens with zero attached hydrogens (tertiary/aromatic N) is 4. The maximum Gasteiger partial charge on any atom is 0.161 e. The highest BCUT2D eigenvalue weighted by Crippen LogP contribution is 2.15. The number of rotatable bonds is 1. The molecule has 1 aromatic rings. The fourth-order valence-corrected chi connectivity index (χ4v) is 2.26. The van der Waals surface area contributed by atoms with Gasteiger partial charge in [0.05, 0.1) is 12.4 Å². The first-order valence-corrected chi connectivity index (χ1v) is 5.60. The van der Waals surface area contributed by atoms with Crippen molar-refractivity contribution in [3.8, 4) is 6.07 Å². The maximum absolute atomic E-state index is 8.69. The van der Waals surface area contributed by atoms with Gasteiger partial charge in [-0.3, -0.25) is 4.98 Å². The molecule has 0 saturated carbocycles. The summed E-state index contributed by atoms with van der Waals surface area (Å²) in [6.07, 6.45) is 3.21. The van der Waals surface area contributed by atoms with Gasteiger partial charge in [0.15, 0.2) is 5.69 Å². The molecule has 0 aliphatic carbocycles. The predicted octanol–water partition coefficient (Wildman–Crippen LogP) is 0.901. The summed E-state index contributed by atoms with van der Waals surface area (Å²) in [5.41, 5.74) is 0.390. The summed E-state index contributed by atoms with van der Waals surface area (Å²) in [7, 11) is 0. The molecular weight excluding hydrogens is 196 g/mol. The van der Waals surface area contributed by atoms with E-state index in [1.165, 1.54) is 6.20 Å². The van der Waals surface area contributed by atoms with E-state index in [1.807, 2.05) is 17.8 Å². The van der Waals surface area contributed by atoms with Crippen LogP contribution in [0.4, 0.5) is 5.82 Å². The zero-order valence-corrected chi connectivity index (χ0v) is 8.50. The van der Waals surface area contributed by atoms with Gasteiger partial charge in [0.1, 0.15) is 11.9 Å². The van der Waals surface area contributed by atoms with Crippen molar-refractivity contribution in [1.29, 1.82) is 5.26 Å². The van der Waals surface area contributed by atoms with Crippen LogP contribution in [0.15, 0.2) is 12.4 Å². The molecule has 14 heavy (non-hydrogen) atoms. The molecule has 0 aromatic carbocycles. The summed E-state index contributed by atoms with van der Waals surface area (Å²) < 4.78 is 0. The van der Waals surface area contributed by atoms with E-state index in [1.54, 1.807) is 6.20 Å². The van der Waals surface area contributed by atoms with Crippen LogP contribution in [0.25, 0.3) is 0 Å². The average Bonchev–Trinajstić information content (AvgIpc) is 2.30. The molecule has 0 atom stereocenters. The monoisotopic (exact) mass is 206 g/mol. The first-order valence-electron chi connectivity index (χ1n) is 4.45. The van der Waals surface area contributed by atoms with E-state index in [0.29, 0.717) is 5.69 Å². The van der Waals surface area contributed by atoms with Crippen molar-refractivity contribution in [3.05, 3.63) is 18.1 Å². The minimum atomic E-state index is 0.390. The van der Waals surface area contributed by atoms with Crippen molar-refractivity contribution < 1.29 is 0 Å². The normalized spacial score (nSPS) is 16.4. The van der Waals surface area contributed by atoms with Crippen LogP contribution in [0, 0.1) is 11.3 Å². The van der Waals surface area contributed by atoms with Crippen molar-refractivity contribution in [2.75, 3.05) is 29.5 Å². The van der Waals surface area contributed by atoms with E-state index < -0.39 is 0 Å². The molecule has 2 rings (SSSR count). The lowest BCUT2D eigenvalue weighted by molar-refractivity contribution is 0.832. The summed E-state index contributed by atoms with van der Waals surface area (Å²) in [5.74, 6) is 3.07. The van der Waals surface area contributed by atoms with E-state index in [4.69, 9.17) is 5.26 Å². The smallest absolute Gasteiger partial charge is 0.161 e. The fraction of sp³-hybridized carbons (Fsp3) is 0.444. The van der Waals surface area contributed by atoms with Gasteiger partial charge in [-0.25, -0.2) is 4.98 Å². The highest BCUT2D eigenvalue weighted by Gasteiger charge is 2.12. The minimum Gasteiger partial charge on any atom is -0.354 e. The SMILES string of the molecule is N#Cc1cncc(N2CCSCC2)n1. The van der Waals surface area contributed by atoms with Gasteiger partial charge >= 0.3 is 0 Å². The third-order valence-electron chi connectivity index (χ3n) is 2.07. The van der Waals surface area contributed by atoms with Crippen LogP contribution in [-0.4, -0.2) is 34.6 Å². The number of hydrogen-bond acceptors (Lipinski definition) is 5. The van der Waals surface area contributed by atoms with Gasteiger partial charge in [0.25, 0.3) is 0 Å². The molecule has 1 saturated heterocycles. The second kappa shape index (κ2) is 4.29. The van der Waals surface area contributed by atoms with E-state index in [2.05, 4.69) is 14.9 Å². The summed E-state index contributed by atoms with van der Waals surface area (Å²) in [5, 5.41) is 8.69. The summed E-state index contributed by atoms with van der Waals surface area (Å²) >= 11 is 1.95. The Labute approximate surface area is 87.0 Å². The average molecular weight is 206 g/mol. The van der Waals surface area contributed by atoms with Crippen LogP contribution < -0.4 is 4.90 Å². The number of hydrogen-bond donors (Lipinski definition) is 0. The zero-order chi connectivity index (χ0) is 9.80. The topological polar surface area (TPSA) is 52.8 Å². The molecule has 1 aromatic heterocycles. The second-order valence-electron chi connectivity index (χ2n) is 2.97. The molecule has 1 aliphatic heterocycles. The Hall–Kier alpha value is -1.28. The van der Waals surface area contributed by atoms with Gasteiger partial charge in [0, 0.05) is 24.6 Å². The van der Waals surface area contributed by atoms with E-state index in [9.17, 15) is 0 Å². The van der Waals surface area contributed by atoms with Gasteiger partial charge in [0.2, 0.25) is 0 Å². The van der Waals surface area contributed by atoms with Crippen LogP contribution in [0.1, 0.15) is 5.69 Å². The van der Waals surface area contributed by atoms with Crippen molar-refractivity contribution in [2.45, 2.75) is 0 Å². The number of aromatic nitrogens is 2. The van der Waals surface area contributed by atoms with Crippen molar-refractivity contribution >= 4 is 17.6 Å². The van der Waals surface area contributed by atoms with Gasteiger partial charge in [-0.05, 0) is 0 Å². The Morgan fingerprint density at radius 2 is 2.14 bits per heavy atom. The first-order chi connectivity index (χ1) is 6.90. The van der Waals surface area contributed by atoms with Crippen LogP contribution in [-0.2, 0) is 0 Å². The lowest BCUT2D eigenvalue weighted by Gasteiger charge is -2.26. The first kappa shape index (κ1) is 9.28. The third-order valence-corrected chi connectivity index (χ3v) is 3.01. The van der Waals surface area contributed by atoms with Crippen LogP contribution in [0.5, 0.6) is 0 Å². The molecule has 0 radical (unpaired) electrons. The highest BCUT2D eigenvalue weighted by atomic mass is 32.2. The Morgan fingerprint density at radius 1 is 1.36 bits per heavy atom.